The number of fused-ring (bicyclic) bond motifs is 1. The van der Waals surface area contributed by atoms with Crippen LogP contribution in [0.25, 0.3) is 22.2 Å². The lowest BCUT2D eigenvalue weighted by atomic mass is 10.0. The zero-order valence-electron chi connectivity index (χ0n) is 10.8. The van der Waals surface area contributed by atoms with Crippen LogP contribution in [-0.4, -0.2) is 20.4 Å². The van der Waals surface area contributed by atoms with Crippen molar-refractivity contribution in [2.75, 3.05) is 0 Å². The van der Waals surface area contributed by atoms with Crippen LogP contribution in [0.15, 0.2) is 73.1 Å². The maximum absolute atomic E-state index is 4.16. The van der Waals surface area contributed by atoms with Gasteiger partial charge < -0.3 is 4.98 Å². The van der Waals surface area contributed by atoms with E-state index in [2.05, 4.69) is 38.6 Å². The molecule has 0 aliphatic carbocycles. The van der Waals surface area contributed by atoms with E-state index in [0.29, 0.717) is 0 Å². The second kappa shape index (κ2) is 5.84. The minimum Gasteiger partial charge on any atom is -0.368 e. The lowest BCUT2D eigenvalue weighted by Crippen LogP contribution is -1.79. The van der Waals surface area contributed by atoms with Crippen molar-refractivity contribution in [1.82, 2.24) is 20.4 Å². The summed E-state index contributed by atoms with van der Waals surface area (Å²) in [6.07, 6.45) is 3.75. The van der Waals surface area contributed by atoms with E-state index >= 15 is 0 Å². The molecule has 2 aromatic carbocycles. The molecule has 0 unspecified atom stereocenters. The fourth-order valence-electron chi connectivity index (χ4n) is 2.00. The number of aromatic amines is 2. The summed E-state index contributed by atoms with van der Waals surface area (Å²) in [5.41, 5.74) is 4.10. The topological polar surface area (TPSA) is 57.4 Å². The second-order valence-corrected chi connectivity index (χ2v) is 4.25. The third kappa shape index (κ3) is 2.59. The summed E-state index contributed by atoms with van der Waals surface area (Å²) in [6, 6.07) is 20.1. The van der Waals surface area contributed by atoms with Crippen molar-refractivity contribution in [2.45, 2.75) is 0 Å². The molecule has 0 fully saturated rings. The average Bonchev–Trinajstić information content (AvgIpc) is 3.21. The van der Waals surface area contributed by atoms with Crippen molar-refractivity contribution in [3.05, 3.63) is 73.1 Å². The van der Waals surface area contributed by atoms with Gasteiger partial charge in [-0.25, -0.2) is 0 Å². The summed E-state index contributed by atoms with van der Waals surface area (Å²) in [4.78, 5) is 2.86. The molecule has 4 heteroatoms. The fraction of sp³-hybridized carbons (Fsp3) is 0. The Hall–Kier alpha value is -2.88. The fourth-order valence-corrected chi connectivity index (χ4v) is 2.00. The number of rotatable bonds is 1. The zero-order chi connectivity index (χ0) is 13.6. The van der Waals surface area contributed by atoms with Gasteiger partial charge in [-0.1, -0.05) is 42.5 Å². The van der Waals surface area contributed by atoms with Gasteiger partial charge in [0.2, 0.25) is 0 Å². The van der Waals surface area contributed by atoms with Crippen molar-refractivity contribution in [3.63, 3.8) is 0 Å². The van der Waals surface area contributed by atoms with Crippen molar-refractivity contribution in [1.29, 1.82) is 0 Å². The summed E-state index contributed by atoms with van der Waals surface area (Å²) in [5.74, 6) is 0. The molecule has 0 aliphatic rings. The molecule has 0 amide bonds. The Morgan fingerprint density at radius 2 is 1.50 bits per heavy atom. The van der Waals surface area contributed by atoms with Crippen molar-refractivity contribution in [2.24, 2.45) is 0 Å². The Morgan fingerprint density at radius 3 is 2.20 bits per heavy atom. The Labute approximate surface area is 116 Å². The standard InChI is InChI=1S/C12H9N3.C4H5N/c1-2-5-9(6-3-1)10-7-4-8-11-12(10)14-15-13-11;1-2-4-5-3-1/h1-8H,(H,13,14,15);1-5H. The number of nitrogens with zero attached hydrogens (tertiary/aromatic N) is 2. The highest BCUT2D eigenvalue weighted by molar-refractivity contribution is 5.90. The van der Waals surface area contributed by atoms with Crippen LogP contribution in [0.4, 0.5) is 0 Å². The number of hydrogen-bond donors (Lipinski definition) is 2. The van der Waals surface area contributed by atoms with Gasteiger partial charge in [0, 0.05) is 18.0 Å². The highest BCUT2D eigenvalue weighted by Gasteiger charge is 2.05. The predicted molar refractivity (Wildman–Crippen MR) is 80.1 cm³/mol. The number of benzene rings is 2. The van der Waals surface area contributed by atoms with Crippen LogP contribution in [0.2, 0.25) is 0 Å². The van der Waals surface area contributed by atoms with Crippen LogP contribution in [0.1, 0.15) is 0 Å². The number of H-pyrrole nitrogens is 2. The van der Waals surface area contributed by atoms with Crippen LogP contribution in [0.3, 0.4) is 0 Å². The van der Waals surface area contributed by atoms with Gasteiger partial charge in [0.1, 0.15) is 11.0 Å². The molecule has 2 N–H and O–H groups in total. The number of para-hydroxylation sites is 1. The highest BCUT2D eigenvalue weighted by Crippen LogP contribution is 2.25. The summed E-state index contributed by atoms with van der Waals surface area (Å²) >= 11 is 0. The van der Waals surface area contributed by atoms with Gasteiger partial charge in [-0.3, -0.25) is 0 Å². The molecule has 4 rings (SSSR count). The van der Waals surface area contributed by atoms with E-state index in [1.54, 1.807) is 0 Å². The number of aromatic nitrogens is 4. The van der Waals surface area contributed by atoms with Gasteiger partial charge in [0.15, 0.2) is 0 Å². The Morgan fingerprint density at radius 1 is 0.700 bits per heavy atom. The van der Waals surface area contributed by atoms with Gasteiger partial charge in [-0.15, -0.1) is 0 Å². The molecule has 0 atom stereocenters. The van der Waals surface area contributed by atoms with E-state index in [1.807, 2.05) is 54.9 Å². The van der Waals surface area contributed by atoms with Gasteiger partial charge in [0.25, 0.3) is 0 Å². The third-order valence-electron chi connectivity index (χ3n) is 2.93. The molecule has 20 heavy (non-hydrogen) atoms. The summed E-state index contributed by atoms with van der Waals surface area (Å²) in [5, 5.41) is 10.9. The van der Waals surface area contributed by atoms with Crippen molar-refractivity contribution in [3.8, 4) is 11.1 Å². The van der Waals surface area contributed by atoms with Crippen LogP contribution in [-0.2, 0) is 0 Å². The lowest BCUT2D eigenvalue weighted by Gasteiger charge is -2.00. The Kier molecular flexibility index (Phi) is 3.55. The zero-order valence-corrected chi connectivity index (χ0v) is 10.8. The second-order valence-electron chi connectivity index (χ2n) is 4.25. The molecule has 4 nitrogen and oxygen atoms in total. The smallest absolute Gasteiger partial charge is 0.120 e. The molecule has 0 saturated heterocycles. The molecular formula is C16H14N4. The van der Waals surface area contributed by atoms with Gasteiger partial charge >= 0.3 is 0 Å². The monoisotopic (exact) mass is 262 g/mol. The van der Waals surface area contributed by atoms with Gasteiger partial charge in [-0.2, -0.15) is 15.4 Å². The van der Waals surface area contributed by atoms with Crippen molar-refractivity contribution >= 4 is 11.0 Å². The van der Waals surface area contributed by atoms with Crippen LogP contribution in [0, 0.1) is 0 Å². The molecule has 2 aromatic heterocycles. The van der Waals surface area contributed by atoms with Crippen LogP contribution in [0.5, 0.6) is 0 Å². The molecule has 2 heterocycles. The summed E-state index contributed by atoms with van der Waals surface area (Å²) in [6.45, 7) is 0. The first-order valence-electron chi connectivity index (χ1n) is 6.38. The molecular weight excluding hydrogens is 248 g/mol. The van der Waals surface area contributed by atoms with Crippen molar-refractivity contribution < 1.29 is 0 Å². The van der Waals surface area contributed by atoms with E-state index < -0.39 is 0 Å². The molecule has 0 radical (unpaired) electrons. The van der Waals surface area contributed by atoms with E-state index in [9.17, 15) is 0 Å². The van der Waals surface area contributed by atoms with E-state index in [1.165, 1.54) is 0 Å². The molecule has 98 valence electrons. The van der Waals surface area contributed by atoms with E-state index in [-0.39, 0.29) is 0 Å². The SMILES string of the molecule is c1cc[nH]c1.c1ccc(-c2cccc3n[nH]nc23)cc1. The average molecular weight is 262 g/mol. The molecule has 0 bridgehead atoms. The lowest BCUT2D eigenvalue weighted by molar-refractivity contribution is 0.959. The quantitative estimate of drug-likeness (QED) is 0.550. The maximum atomic E-state index is 4.16. The first-order chi connectivity index (χ1) is 9.95. The van der Waals surface area contributed by atoms with Gasteiger partial charge in [-0.05, 0) is 23.8 Å². The summed E-state index contributed by atoms with van der Waals surface area (Å²) < 4.78 is 0. The van der Waals surface area contributed by atoms with Crippen LogP contribution < -0.4 is 0 Å². The van der Waals surface area contributed by atoms with E-state index in [0.717, 1.165) is 22.2 Å². The third-order valence-corrected chi connectivity index (χ3v) is 2.93. The van der Waals surface area contributed by atoms with Crippen LogP contribution >= 0.6 is 0 Å². The first-order valence-corrected chi connectivity index (χ1v) is 6.38. The van der Waals surface area contributed by atoms with E-state index in [4.69, 9.17) is 0 Å². The predicted octanol–water partition coefficient (Wildman–Crippen LogP) is 3.64. The van der Waals surface area contributed by atoms with Gasteiger partial charge in [0.05, 0.1) is 0 Å². The largest absolute Gasteiger partial charge is 0.368 e. The molecule has 0 aliphatic heterocycles. The molecule has 0 saturated carbocycles. The molecule has 0 spiro atoms. The normalized spacial score (nSPS) is 10.0. The number of nitrogens with one attached hydrogen (secondary N) is 2. The maximum Gasteiger partial charge on any atom is 0.120 e. The Bertz CT molecular complexity index is 740. The summed E-state index contributed by atoms with van der Waals surface area (Å²) in [7, 11) is 0. The number of hydrogen-bond acceptors (Lipinski definition) is 2. The highest BCUT2D eigenvalue weighted by atomic mass is 15.3. The first kappa shape index (κ1) is 12.2. The molecule has 4 aromatic rings. The Balaban J connectivity index is 0.000000205. The minimum absolute atomic E-state index is 0.899. The minimum atomic E-state index is 0.899.